The number of ketones is 1. The van der Waals surface area contributed by atoms with Crippen molar-refractivity contribution in [3.05, 3.63) is 21.9 Å². The molecule has 0 N–H and O–H groups in total. The lowest BCUT2D eigenvalue weighted by Crippen LogP contribution is -1.91. The molecule has 0 amide bonds. The minimum atomic E-state index is 0.274. The quantitative estimate of drug-likeness (QED) is 0.678. The fourth-order valence-corrected chi connectivity index (χ4v) is 1.80. The van der Waals surface area contributed by atoms with Gasteiger partial charge in [0.2, 0.25) is 0 Å². The van der Waals surface area contributed by atoms with Gasteiger partial charge in [0.15, 0.2) is 0 Å². The van der Waals surface area contributed by atoms with Gasteiger partial charge >= 0.3 is 0 Å². The molecule has 0 fully saturated rings. The second-order valence-corrected chi connectivity index (χ2v) is 3.79. The first-order valence-corrected chi connectivity index (χ1v) is 4.60. The highest BCUT2D eigenvalue weighted by Crippen LogP contribution is 2.15. The van der Waals surface area contributed by atoms with E-state index >= 15 is 0 Å². The predicted octanol–water partition coefficient (Wildman–Crippen LogP) is 2.58. The lowest BCUT2D eigenvalue weighted by atomic mass is 10.2. The monoisotopic (exact) mass is 168 g/mol. The van der Waals surface area contributed by atoms with E-state index in [0.717, 1.165) is 6.42 Å². The second kappa shape index (κ2) is 3.67. The number of carbonyl (C=O) groups is 1. The molecule has 0 aromatic carbocycles. The van der Waals surface area contributed by atoms with Gasteiger partial charge in [-0.2, -0.15) is 0 Å². The molecule has 1 heterocycles. The number of hydrogen-bond acceptors (Lipinski definition) is 2. The Hall–Kier alpha value is -0.630. The van der Waals surface area contributed by atoms with Crippen molar-refractivity contribution in [1.82, 2.24) is 0 Å². The van der Waals surface area contributed by atoms with Gasteiger partial charge in [-0.05, 0) is 37.3 Å². The highest BCUT2D eigenvalue weighted by molar-refractivity contribution is 7.10. The van der Waals surface area contributed by atoms with Gasteiger partial charge in [0.25, 0.3) is 0 Å². The van der Waals surface area contributed by atoms with Crippen molar-refractivity contribution in [2.75, 3.05) is 0 Å². The largest absolute Gasteiger partial charge is 0.300 e. The number of rotatable bonds is 3. The summed E-state index contributed by atoms with van der Waals surface area (Å²) < 4.78 is 0. The standard InChI is InChI=1S/C9H12OS/c1-7-5-9(11-6-7)4-3-8(2)10/h5-6H,3-4H2,1-2H3. The summed E-state index contributed by atoms with van der Waals surface area (Å²) >= 11 is 1.74. The highest BCUT2D eigenvalue weighted by atomic mass is 32.1. The Morgan fingerprint density at radius 1 is 1.64 bits per heavy atom. The van der Waals surface area contributed by atoms with Crippen LogP contribution in [-0.2, 0) is 11.2 Å². The van der Waals surface area contributed by atoms with Gasteiger partial charge in [-0.3, -0.25) is 0 Å². The van der Waals surface area contributed by atoms with E-state index in [-0.39, 0.29) is 5.78 Å². The normalized spacial score (nSPS) is 10.0. The van der Waals surface area contributed by atoms with Crippen LogP contribution in [0.2, 0.25) is 0 Å². The fourth-order valence-electron chi connectivity index (χ4n) is 0.921. The third-order valence-corrected chi connectivity index (χ3v) is 2.62. The molecule has 1 nitrogen and oxygen atoms in total. The van der Waals surface area contributed by atoms with E-state index in [1.54, 1.807) is 18.3 Å². The molecule has 0 saturated carbocycles. The van der Waals surface area contributed by atoms with E-state index in [9.17, 15) is 4.79 Å². The van der Waals surface area contributed by atoms with Gasteiger partial charge in [0, 0.05) is 11.3 Å². The summed E-state index contributed by atoms with van der Waals surface area (Å²) in [6.07, 6.45) is 1.59. The molecule has 60 valence electrons. The number of aryl methyl sites for hydroxylation is 2. The van der Waals surface area contributed by atoms with Crippen molar-refractivity contribution in [3.63, 3.8) is 0 Å². The highest BCUT2D eigenvalue weighted by Gasteiger charge is 1.98. The number of Topliss-reactive ketones (excluding diaryl/α,β-unsaturated/α-hetero) is 1. The van der Waals surface area contributed by atoms with Crippen molar-refractivity contribution in [1.29, 1.82) is 0 Å². The maximum atomic E-state index is 10.6. The van der Waals surface area contributed by atoms with Crippen molar-refractivity contribution >= 4 is 17.1 Å². The summed E-state index contributed by atoms with van der Waals surface area (Å²) in [4.78, 5) is 11.9. The zero-order valence-corrected chi connectivity index (χ0v) is 7.70. The van der Waals surface area contributed by atoms with Crippen molar-refractivity contribution in [2.24, 2.45) is 0 Å². The smallest absolute Gasteiger partial charge is 0.130 e. The summed E-state index contributed by atoms with van der Waals surface area (Å²) in [5.41, 5.74) is 1.30. The molecule has 0 saturated heterocycles. The molecule has 0 spiro atoms. The molecule has 1 aromatic rings. The summed E-state index contributed by atoms with van der Waals surface area (Å²) in [5, 5.41) is 2.12. The summed E-state index contributed by atoms with van der Waals surface area (Å²) in [5.74, 6) is 0.274. The SMILES string of the molecule is CC(=O)CCc1cc(C)cs1. The Balaban J connectivity index is 2.45. The molecule has 0 bridgehead atoms. The van der Waals surface area contributed by atoms with Crippen LogP contribution in [0.25, 0.3) is 0 Å². The zero-order valence-electron chi connectivity index (χ0n) is 6.89. The molecule has 0 aliphatic heterocycles. The van der Waals surface area contributed by atoms with Gasteiger partial charge < -0.3 is 4.79 Å². The Labute approximate surface area is 71.1 Å². The lowest BCUT2D eigenvalue weighted by Gasteiger charge is -1.90. The molecule has 0 aliphatic rings. The first-order valence-electron chi connectivity index (χ1n) is 3.72. The van der Waals surface area contributed by atoms with Crippen LogP contribution in [0.3, 0.4) is 0 Å². The molecule has 0 atom stereocenters. The summed E-state index contributed by atoms with van der Waals surface area (Å²) in [7, 11) is 0. The third-order valence-electron chi connectivity index (χ3n) is 1.51. The molecule has 1 aromatic heterocycles. The molecular formula is C9H12OS. The molecule has 2 heteroatoms. The molecule has 11 heavy (non-hydrogen) atoms. The van der Waals surface area contributed by atoms with Gasteiger partial charge in [0.05, 0.1) is 0 Å². The maximum Gasteiger partial charge on any atom is 0.130 e. The lowest BCUT2D eigenvalue weighted by molar-refractivity contribution is -0.116. The van der Waals surface area contributed by atoms with Gasteiger partial charge in [0.1, 0.15) is 5.78 Å². The second-order valence-electron chi connectivity index (χ2n) is 2.79. The summed E-state index contributed by atoms with van der Waals surface area (Å²) in [6, 6.07) is 2.15. The Kier molecular flexibility index (Phi) is 2.83. The van der Waals surface area contributed by atoms with Crippen molar-refractivity contribution in [3.8, 4) is 0 Å². The van der Waals surface area contributed by atoms with Crippen LogP contribution in [-0.4, -0.2) is 5.78 Å². The number of hydrogen-bond donors (Lipinski definition) is 0. The average Bonchev–Trinajstić information content (AvgIpc) is 2.31. The van der Waals surface area contributed by atoms with Crippen LogP contribution in [0.4, 0.5) is 0 Å². The van der Waals surface area contributed by atoms with E-state index in [1.165, 1.54) is 10.4 Å². The third kappa shape index (κ3) is 2.85. The summed E-state index contributed by atoms with van der Waals surface area (Å²) in [6.45, 7) is 3.72. The van der Waals surface area contributed by atoms with Crippen LogP contribution in [0.5, 0.6) is 0 Å². The Morgan fingerprint density at radius 3 is 2.82 bits per heavy atom. The van der Waals surface area contributed by atoms with E-state index in [1.807, 2.05) is 0 Å². The van der Waals surface area contributed by atoms with Crippen molar-refractivity contribution < 1.29 is 4.79 Å². The Morgan fingerprint density at radius 2 is 2.36 bits per heavy atom. The molecular weight excluding hydrogens is 156 g/mol. The van der Waals surface area contributed by atoms with E-state index in [0.29, 0.717) is 6.42 Å². The molecule has 0 aliphatic carbocycles. The minimum absolute atomic E-state index is 0.274. The van der Waals surface area contributed by atoms with E-state index < -0.39 is 0 Å². The molecule has 0 radical (unpaired) electrons. The van der Waals surface area contributed by atoms with Crippen LogP contribution in [0.1, 0.15) is 23.8 Å². The van der Waals surface area contributed by atoms with Crippen LogP contribution >= 0.6 is 11.3 Å². The van der Waals surface area contributed by atoms with E-state index in [4.69, 9.17) is 0 Å². The first-order chi connectivity index (χ1) is 5.18. The molecule has 1 rings (SSSR count). The van der Waals surface area contributed by atoms with Gasteiger partial charge in [-0.1, -0.05) is 0 Å². The maximum absolute atomic E-state index is 10.6. The predicted molar refractivity (Wildman–Crippen MR) is 48.1 cm³/mol. The van der Waals surface area contributed by atoms with Crippen molar-refractivity contribution in [2.45, 2.75) is 26.7 Å². The van der Waals surface area contributed by atoms with Gasteiger partial charge in [-0.15, -0.1) is 11.3 Å². The van der Waals surface area contributed by atoms with Crippen LogP contribution < -0.4 is 0 Å². The van der Waals surface area contributed by atoms with E-state index in [2.05, 4.69) is 18.4 Å². The van der Waals surface area contributed by atoms with Crippen LogP contribution in [0.15, 0.2) is 11.4 Å². The minimum Gasteiger partial charge on any atom is -0.300 e. The fraction of sp³-hybridized carbons (Fsp3) is 0.444. The topological polar surface area (TPSA) is 17.1 Å². The zero-order chi connectivity index (χ0) is 8.27. The van der Waals surface area contributed by atoms with Crippen LogP contribution in [0, 0.1) is 6.92 Å². The number of thiophene rings is 1. The Bertz CT molecular complexity index is 250. The molecule has 0 unspecified atom stereocenters. The van der Waals surface area contributed by atoms with Gasteiger partial charge in [-0.25, -0.2) is 0 Å². The first kappa shape index (κ1) is 8.47. The average molecular weight is 168 g/mol. The number of carbonyl (C=O) groups excluding carboxylic acids is 1.